The van der Waals surface area contributed by atoms with E-state index in [-0.39, 0.29) is 34.6 Å². The van der Waals surface area contributed by atoms with E-state index in [0.717, 1.165) is 12.8 Å². The Balaban J connectivity index is 1.72. The summed E-state index contributed by atoms with van der Waals surface area (Å²) in [5.74, 6) is -0.535. The van der Waals surface area contributed by atoms with Crippen molar-refractivity contribution >= 4 is 33.0 Å². The van der Waals surface area contributed by atoms with Gasteiger partial charge in [0.25, 0.3) is 10.2 Å². The predicted molar refractivity (Wildman–Crippen MR) is 138 cm³/mol. The maximum Gasteiger partial charge on any atom is 0.415 e. The molecule has 1 aliphatic rings. The summed E-state index contributed by atoms with van der Waals surface area (Å²) in [6.45, 7) is 1.65. The number of hydrogen-bond donors (Lipinski definition) is 2. The number of rotatable bonds is 8. The fourth-order valence-electron chi connectivity index (χ4n) is 4.27. The van der Waals surface area contributed by atoms with Gasteiger partial charge in [0.2, 0.25) is 0 Å². The molecule has 3 aromatic rings. The van der Waals surface area contributed by atoms with Crippen LogP contribution in [0.25, 0.3) is 11.0 Å². The van der Waals surface area contributed by atoms with Crippen LogP contribution >= 0.6 is 0 Å². The SMILES string of the molecule is CNS(=O)(=O)Nc1cccc(Cc2c(CN(C)C)c3ccc(OC(=O)N4CCCC4)cc3oc2=O)c1F. The van der Waals surface area contributed by atoms with E-state index >= 15 is 4.39 Å². The Morgan fingerprint density at radius 3 is 2.57 bits per heavy atom. The second-order valence-corrected chi connectivity index (χ2v) is 10.7. The summed E-state index contributed by atoms with van der Waals surface area (Å²) in [5, 5.41) is 0.622. The van der Waals surface area contributed by atoms with Crippen LogP contribution in [0.3, 0.4) is 0 Å². The summed E-state index contributed by atoms with van der Waals surface area (Å²) in [4.78, 5) is 29.0. The topological polar surface area (TPSA) is 121 Å². The number of amides is 1. The molecule has 198 valence electrons. The van der Waals surface area contributed by atoms with Crippen molar-refractivity contribution in [2.24, 2.45) is 0 Å². The van der Waals surface area contributed by atoms with Crippen molar-refractivity contribution in [3.05, 3.63) is 69.3 Å². The molecule has 0 saturated carbocycles. The molecular formula is C25H29FN4O6S. The number of fused-ring (bicyclic) bond motifs is 1. The fourth-order valence-corrected chi connectivity index (χ4v) is 4.82. The Hall–Kier alpha value is -3.48. The smallest absolute Gasteiger partial charge is 0.415 e. The number of nitrogens with zero attached hydrogens (tertiary/aromatic N) is 2. The molecule has 1 aliphatic heterocycles. The molecule has 10 nitrogen and oxygen atoms in total. The number of carbonyl (C=O) groups is 1. The van der Waals surface area contributed by atoms with Crippen LogP contribution in [0.4, 0.5) is 14.9 Å². The first kappa shape index (κ1) is 26.6. The number of nitrogens with one attached hydrogen (secondary N) is 2. The van der Waals surface area contributed by atoms with Crippen LogP contribution in [-0.4, -0.2) is 58.5 Å². The molecule has 2 heterocycles. The Kier molecular flexibility index (Phi) is 7.81. The zero-order valence-electron chi connectivity index (χ0n) is 20.8. The van der Waals surface area contributed by atoms with Gasteiger partial charge >= 0.3 is 11.7 Å². The van der Waals surface area contributed by atoms with E-state index in [9.17, 15) is 18.0 Å². The van der Waals surface area contributed by atoms with Crippen molar-refractivity contribution in [1.29, 1.82) is 0 Å². The highest BCUT2D eigenvalue weighted by atomic mass is 32.2. The van der Waals surface area contributed by atoms with Crippen molar-refractivity contribution in [3.63, 3.8) is 0 Å². The number of anilines is 1. The first-order valence-electron chi connectivity index (χ1n) is 11.8. The molecule has 1 amide bonds. The maximum atomic E-state index is 15.2. The number of benzene rings is 2. The summed E-state index contributed by atoms with van der Waals surface area (Å²) < 4.78 is 54.2. The number of halogens is 1. The molecular weight excluding hydrogens is 503 g/mol. The molecule has 1 aromatic heterocycles. The zero-order chi connectivity index (χ0) is 26.7. The molecule has 0 unspecified atom stereocenters. The lowest BCUT2D eigenvalue weighted by molar-refractivity contribution is 0.163. The minimum absolute atomic E-state index is 0.117. The molecule has 12 heteroatoms. The van der Waals surface area contributed by atoms with Gasteiger partial charge in [0.05, 0.1) is 5.69 Å². The van der Waals surface area contributed by atoms with Crippen LogP contribution in [0.2, 0.25) is 0 Å². The van der Waals surface area contributed by atoms with E-state index in [0.29, 0.717) is 30.6 Å². The Bertz CT molecular complexity index is 1480. The third-order valence-corrected chi connectivity index (χ3v) is 7.12. The molecule has 0 aliphatic carbocycles. The summed E-state index contributed by atoms with van der Waals surface area (Å²) in [7, 11) is 0.950. The normalized spacial score (nSPS) is 13.9. The standard InChI is InChI=1S/C25H29FN4O6S/c1-27-37(33,34)28-21-8-6-7-16(23(21)26)13-19-20(15-29(2)3)18-10-9-17(14-22(18)36-24(19)31)35-25(32)30-11-4-5-12-30/h6-10,14,27-28H,4-5,11-13,15H2,1-3H3. The first-order valence-corrected chi connectivity index (χ1v) is 13.2. The number of likely N-dealkylation sites (tertiary alicyclic amines) is 1. The highest BCUT2D eigenvalue weighted by molar-refractivity contribution is 7.90. The average molecular weight is 533 g/mol. The van der Waals surface area contributed by atoms with Gasteiger partial charge in [0.15, 0.2) is 5.82 Å². The van der Waals surface area contributed by atoms with Crippen molar-refractivity contribution in [2.75, 3.05) is 39.0 Å². The van der Waals surface area contributed by atoms with Crippen LogP contribution in [0, 0.1) is 5.82 Å². The van der Waals surface area contributed by atoms with Gasteiger partial charge < -0.3 is 19.0 Å². The highest BCUT2D eigenvalue weighted by Crippen LogP contribution is 2.29. The number of carbonyl (C=O) groups excluding carboxylic acids is 1. The molecule has 4 rings (SSSR count). The Morgan fingerprint density at radius 1 is 1.16 bits per heavy atom. The van der Waals surface area contributed by atoms with Crippen molar-refractivity contribution in [3.8, 4) is 5.75 Å². The predicted octanol–water partition coefficient (Wildman–Crippen LogP) is 3.06. The second-order valence-electron chi connectivity index (χ2n) is 9.07. The third kappa shape index (κ3) is 6.09. The van der Waals surface area contributed by atoms with Gasteiger partial charge in [-0.15, -0.1) is 0 Å². The van der Waals surface area contributed by atoms with Crippen molar-refractivity contribution < 1.29 is 26.8 Å². The Labute approximate surface area is 214 Å². The summed E-state index contributed by atoms with van der Waals surface area (Å²) in [6, 6.07) is 9.12. The molecule has 1 fully saturated rings. The van der Waals surface area contributed by atoms with Crippen LogP contribution in [0.15, 0.2) is 45.6 Å². The maximum absolute atomic E-state index is 15.2. The van der Waals surface area contributed by atoms with E-state index in [4.69, 9.17) is 9.15 Å². The van der Waals surface area contributed by atoms with Gasteiger partial charge in [0, 0.05) is 50.1 Å². The third-order valence-electron chi connectivity index (χ3n) is 6.09. The van der Waals surface area contributed by atoms with Crippen LogP contribution < -0.4 is 19.8 Å². The summed E-state index contributed by atoms with van der Waals surface area (Å²) in [5.41, 5.74) is 0.348. The summed E-state index contributed by atoms with van der Waals surface area (Å²) in [6.07, 6.45) is 1.30. The van der Waals surface area contributed by atoms with Crippen LogP contribution in [0.1, 0.15) is 29.5 Å². The van der Waals surface area contributed by atoms with E-state index in [1.807, 2.05) is 19.0 Å². The zero-order valence-corrected chi connectivity index (χ0v) is 21.7. The highest BCUT2D eigenvalue weighted by Gasteiger charge is 2.22. The van der Waals surface area contributed by atoms with Gasteiger partial charge in [-0.25, -0.2) is 18.7 Å². The van der Waals surface area contributed by atoms with Crippen molar-refractivity contribution in [1.82, 2.24) is 14.5 Å². The molecule has 1 saturated heterocycles. The molecule has 0 atom stereocenters. The average Bonchev–Trinajstić information content (AvgIpc) is 3.38. The monoisotopic (exact) mass is 532 g/mol. The van der Waals surface area contributed by atoms with Gasteiger partial charge in [-0.2, -0.15) is 8.42 Å². The first-order chi connectivity index (χ1) is 17.6. The van der Waals surface area contributed by atoms with E-state index < -0.39 is 27.7 Å². The number of ether oxygens (including phenoxy) is 1. The van der Waals surface area contributed by atoms with Gasteiger partial charge in [-0.1, -0.05) is 12.1 Å². The van der Waals surface area contributed by atoms with Gasteiger partial charge in [-0.05, 0) is 56.3 Å². The summed E-state index contributed by atoms with van der Waals surface area (Å²) >= 11 is 0. The number of hydrogen-bond acceptors (Lipinski definition) is 7. The molecule has 37 heavy (non-hydrogen) atoms. The molecule has 0 spiro atoms. The van der Waals surface area contributed by atoms with Gasteiger partial charge in [-0.3, -0.25) is 4.72 Å². The minimum atomic E-state index is -3.93. The van der Waals surface area contributed by atoms with Gasteiger partial charge in [0.1, 0.15) is 11.3 Å². The second kappa shape index (κ2) is 10.9. The fraction of sp³-hybridized carbons (Fsp3) is 0.360. The van der Waals surface area contributed by atoms with E-state index in [1.54, 1.807) is 17.0 Å². The lowest BCUT2D eigenvalue weighted by Crippen LogP contribution is -2.30. The van der Waals surface area contributed by atoms with Crippen LogP contribution in [0.5, 0.6) is 5.75 Å². The van der Waals surface area contributed by atoms with E-state index in [2.05, 4.69) is 9.44 Å². The Morgan fingerprint density at radius 2 is 1.89 bits per heavy atom. The lowest BCUT2D eigenvalue weighted by atomic mass is 9.97. The van der Waals surface area contributed by atoms with Crippen molar-refractivity contribution in [2.45, 2.75) is 25.8 Å². The lowest BCUT2D eigenvalue weighted by Gasteiger charge is -2.18. The molecule has 0 bridgehead atoms. The van der Waals surface area contributed by atoms with Crippen LogP contribution in [-0.2, 0) is 23.2 Å². The molecule has 2 aromatic carbocycles. The largest absolute Gasteiger partial charge is 0.422 e. The minimum Gasteiger partial charge on any atom is -0.422 e. The van der Waals surface area contributed by atoms with E-state index in [1.165, 1.54) is 31.3 Å². The molecule has 2 N–H and O–H groups in total. The molecule has 0 radical (unpaired) electrons. The quantitative estimate of drug-likeness (QED) is 0.428.